The van der Waals surface area contributed by atoms with Crippen LogP contribution in [0, 0.1) is 0 Å². The van der Waals surface area contributed by atoms with E-state index in [0.29, 0.717) is 0 Å². The molecule has 1 aromatic heterocycles. The normalized spacial score (nSPS) is 11.9. The van der Waals surface area contributed by atoms with E-state index >= 15 is 0 Å². The summed E-state index contributed by atoms with van der Waals surface area (Å²) < 4.78 is 0. The largest absolute Gasteiger partial charge is 0.256 e. The monoisotopic (exact) mass is 205 g/mol. The summed E-state index contributed by atoms with van der Waals surface area (Å²) in [5.74, 6) is 0. The second-order valence-corrected chi connectivity index (χ2v) is 4.83. The van der Waals surface area contributed by atoms with E-state index in [-0.39, 0.29) is 4.87 Å². The number of halogens is 1. The van der Waals surface area contributed by atoms with E-state index in [4.69, 9.17) is 11.6 Å². The average molecular weight is 206 g/mol. The summed E-state index contributed by atoms with van der Waals surface area (Å²) in [6, 6.07) is 10.1. The van der Waals surface area contributed by atoms with Gasteiger partial charge in [-0.05, 0) is 31.5 Å². The topological polar surface area (TPSA) is 12.9 Å². The van der Waals surface area contributed by atoms with Crippen LogP contribution in [0.25, 0.3) is 10.9 Å². The lowest BCUT2D eigenvalue weighted by molar-refractivity contribution is 0.767. The van der Waals surface area contributed by atoms with Crippen molar-refractivity contribution in [3.05, 3.63) is 42.1 Å². The number of rotatable bonds is 1. The van der Waals surface area contributed by atoms with Crippen LogP contribution in [0.3, 0.4) is 0 Å². The van der Waals surface area contributed by atoms with Crippen LogP contribution in [0.1, 0.15) is 19.4 Å². The molecule has 0 fully saturated rings. The number of nitrogens with zero attached hydrogens (tertiary/aromatic N) is 1. The van der Waals surface area contributed by atoms with E-state index in [1.165, 1.54) is 0 Å². The van der Waals surface area contributed by atoms with Gasteiger partial charge in [-0.25, -0.2) is 0 Å². The van der Waals surface area contributed by atoms with Crippen molar-refractivity contribution in [2.45, 2.75) is 18.7 Å². The predicted molar refractivity (Wildman–Crippen MR) is 60.6 cm³/mol. The van der Waals surface area contributed by atoms with E-state index < -0.39 is 0 Å². The van der Waals surface area contributed by atoms with E-state index in [1.54, 1.807) is 6.20 Å². The Balaban J connectivity index is 2.63. The van der Waals surface area contributed by atoms with Gasteiger partial charge in [-0.1, -0.05) is 18.2 Å². The Labute approximate surface area is 88.7 Å². The molecule has 0 N–H and O–H groups in total. The van der Waals surface area contributed by atoms with Gasteiger partial charge >= 0.3 is 0 Å². The zero-order valence-electron chi connectivity index (χ0n) is 8.29. The van der Waals surface area contributed by atoms with Crippen LogP contribution < -0.4 is 0 Å². The summed E-state index contributed by atoms with van der Waals surface area (Å²) in [5.41, 5.74) is 2.10. The maximum absolute atomic E-state index is 6.23. The molecule has 0 saturated carbocycles. The van der Waals surface area contributed by atoms with Gasteiger partial charge in [0, 0.05) is 11.6 Å². The molecule has 0 aliphatic heterocycles. The van der Waals surface area contributed by atoms with Crippen molar-refractivity contribution in [1.29, 1.82) is 0 Å². The summed E-state index contributed by atoms with van der Waals surface area (Å²) in [5, 5.41) is 1.15. The molecule has 14 heavy (non-hydrogen) atoms. The van der Waals surface area contributed by atoms with E-state index in [2.05, 4.69) is 17.1 Å². The molecule has 0 unspecified atom stereocenters. The number of benzene rings is 1. The minimum atomic E-state index is -0.328. The third-order valence-corrected chi connectivity index (χ3v) is 2.51. The molecule has 1 heterocycles. The second-order valence-electron chi connectivity index (χ2n) is 3.88. The summed E-state index contributed by atoms with van der Waals surface area (Å²) >= 11 is 6.23. The molecule has 0 bridgehead atoms. The fraction of sp³-hybridized carbons (Fsp3) is 0.250. The maximum Gasteiger partial charge on any atom is 0.0705 e. The van der Waals surface area contributed by atoms with Gasteiger partial charge in [0.15, 0.2) is 0 Å². The first-order valence-corrected chi connectivity index (χ1v) is 4.99. The number of hydrogen-bond donors (Lipinski definition) is 0. The third kappa shape index (κ3) is 1.73. The number of fused-ring (bicyclic) bond motifs is 1. The molecule has 0 amide bonds. The first kappa shape index (κ1) is 9.47. The first-order chi connectivity index (χ1) is 6.57. The van der Waals surface area contributed by atoms with E-state index in [9.17, 15) is 0 Å². The summed E-state index contributed by atoms with van der Waals surface area (Å²) in [6.07, 6.45) is 1.80. The van der Waals surface area contributed by atoms with Crippen LogP contribution in [-0.2, 0) is 4.87 Å². The lowest BCUT2D eigenvalue weighted by Gasteiger charge is -2.16. The van der Waals surface area contributed by atoms with Gasteiger partial charge in [0.05, 0.1) is 10.4 Å². The molecule has 0 saturated heterocycles. The summed E-state index contributed by atoms with van der Waals surface area (Å²) in [7, 11) is 0. The van der Waals surface area contributed by atoms with E-state index in [1.807, 2.05) is 32.0 Å². The van der Waals surface area contributed by atoms with Gasteiger partial charge in [-0.2, -0.15) is 0 Å². The van der Waals surface area contributed by atoms with Gasteiger partial charge < -0.3 is 0 Å². The minimum Gasteiger partial charge on any atom is -0.256 e. The molecule has 0 spiro atoms. The Hall–Kier alpha value is -1.08. The third-order valence-electron chi connectivity index (χ3n) is 2.29. The Morgan fingerprint density at radius 3 is 2.71 bits per heavy atom. The zero-order valence-corrected chi connectivity index (χ0v) is 9.05. The van der Waals surface area contributed by atoms with Gasteiger partial charge in [0.1, 0.15) is 0 Å². The van der Waals surface area contributed by atoms with Crippen LogP contribution in [0.15, 0.2) is 36.5 Å². The molecule has 2 aromatic rings. The molecule has 0 atom stereocenters. The lowest BCUT2D eigenvalue weighted by Crippen LogP contribution is -2.06. The van der Waals surface area contributed by atoms with Crippen molar-refractivity contribution in [3.63, 3.8) is 0 Å². The number of hydrogen-bond acceptors (Lipinski definition) is 1. The van der Waals surface area contributed by atoms with Crippen molar-refractivity contribution < 1.29 is 0 Å². The molecular formula is C12H12ClN. The van der Waals surface area contributed by atoms with Crippen molar-refractivity contribution in [3.8, 4) is 0 Å². The molecular weight excluding hydrogens is 194 g/mol. The molecule has 72 valence electrons. The van der Waals surface area contributed by atoms with Crippen LogP contribution in [0.4, 0.5) is 0 Å². The Morgan fingerprint density at radius 2 is 2.00 bits per heavy atom. The van der Waals surface area contributed by atoms with Crippen LogP contribution in [0.5, 0.6) is 0 Å². The average Bonchev–Trinajstić information content (AvgIpc) is 2.16. The van der Waals surface area contributed by atoms with Gasteiger partial charge in [-0.3, -0.25) is 4.98 Å². The highest BCUT2D eigenvalue weighted by molar-refractivity contribution is 6.23. The van der Waals surface area contributed by atoms with Crippen molar-refractivity contribution in [1.82, 2.24) is 4.98 Å². The first-order valence-electron chi connectivity index (χ1n) is 4.61. The number of aromatic nitrogens is 1. The summed E-state index contributed by atoms with van der Waals surface area (Å²) in [4.78, 5) is 3.97. The Bertz CT molecular complexity index is 457. The molecule has 0 aliphatic carbocycles. The van der Waals surface area contributed by atoms with Crippen LogP contribution in [0.2, 0.25) is 0 Å². The second kappa shape index (κ2) is 3.25. The Kier molecular flexibility index (Phi) is 2.20. The van der Waals surface area contributed by atoms with Gasteiger partial charge in [0.25, 0.3) is 0 Å². The zero-order chi connectivity index (χ0) is 10.2. The lowest BCUT2D eigenvalue weighted by atomic mass is 10.0. The number of alkyl halides is 1. The van der Waals surface area contributed by atoms with Crippen LogP contribution >= 0.6 is 11.6 Å². The standard InChI is InChI=1S/C12H12ClN/c1-12(2,13)10-6-5-9-4-3-7-14-11(9)8-10/h3-8H,1-2H3. The molecule has 0 aliphatic rings. The fourth-order valence-corrected chi connectivity index (χ4v) is 1.55. The van der Waals surface area contributed by atoms with Gasteiger partial charge in [-0.15, -0.1) is 11.6 Å². The van der Waals surface area contributed by atoms with Crippen molar-refractivity contribution >= 4 is 22.5 Å². The highest BCUT2D eigenvalue weighted by Gasteiger charge is 2.16. The Morgan fingerprint density at radius 1 is 1.21 bits per heavy atom. The molecule has 2 heteroatoms. The fourth-order valence-electron chi connectivity index (χ4n) is 1.44. The highest BCUT2D eigenvalue weighted by Crippen LogP contribution is 2.29. The summed E-state index contributed by atoms with van der Waals surface area (Å²) in [6.45, 7) is 3.97. The number of pyridine rings is 1. The van der Waals surface area contributed by atoms with Gasteiger partial charge in [0.2, 0.25) is 0 Å². The van der Waals surface area contributed by atoms with Crippen molar-refractivity contribution in [2.75, 3.05) is 0 Å². The molecule has 1 nitrogen and oxygen atoms in total. The van der Waals surface area contributed by atoms with E-state index in [0.717, 1.165) is 16.5 Å². The maximum atomic E-state index is 6.23. The minimum absolute atomic E-state index is 0.328. The molecule has 0 radical (unpaired) electrons. The smallest absolute Gasteiger partial charge is 0.0705 e. The van der Waals surface area contributed by atoms with Crippen molar-refractivity contribution in [2.24, 2.45) is 0 Å². The molecule has 1 aromatic carbocycles. The van der Waals surface area contributed by atoms with Crippen LogP contribution in [-0.4, -0.2) is 4.98 Å². The predicted octanol–water partition coefficient (Wildman–Crippen LogP) is 3.71. The molecule has 2 rings (SSSR count). The highest BCUT2D eigenvalue weighted by atomic mass is 35.5. The SMILES string of the molecule is CC(C)(Cl)c1ccc2cccnc2c1. The quantitative estimate of drug-likeness (QED) is 0.647.